The summed E-state index contributed by atoms with van der Waals surface area (Å²) in [7, 11) is 0. The molecule has 0 bridgehead atoms. The molecule has 0 aliphatic carbocycles. The van der Waals surface area contributed by atoms with E-state index >= 15 is 0 Å². The predicted molar refractivity (Wildman–Crippen MR) is 73.9 cm³/mol. The Balaban J connectivity index is 1.64. The van der Waals surface area contributed by atoms with E-state index < -0.39 is 0 Å². The fraction of sp³-hybridized carbons (Fsp3) is 0.429. The highest BCUT2D eigenvalue weighted by molar-refractivity contribution is 5.89. The number of rotatable bonds is 5. The van der Waals surface area contributed by atoms with E-state index in [0.29, 0.717) is 17.8 Å². The Morgan fingerprint density at radius 2 is 2.05 bits per heavy atom. The van der Waals surface area contributed by atoms with Crippen molar-refractivity contribution < 1.29 is 4.79 Å². The number of nitriles is 1. The van der Waals surface area contributed by atoms with Crippen LogP contribution in [0.5, 0.6) is 0 Å². The lowest BCUT2D eigenvalue weighted by atomic mass is 10.2. The van der Waals surface area contributed by atoms with E-state index in [1.165, 1.54) is 19.5 Å². The lowest BCUT2D eigenvalue weighted by molar-refractivity contribution is 0.179. The fourth-order valence-electron chi connectivity index (χ4n) is 1.91. The van der Waals surface area contributed by atoms with Gasteiger partial charge >= 0.3 is 6.03 Å². The molecular weight excluding hydrogens is 240 g/mol. The molecule has 0 radical (unpaired) electrons. The molecule has 1 fully saturated rings. The SMILES string of the molecule is N#Cc1ccc(NC(=O)NCCCN2CCC2)cc1. The number of urea groups is 1. The smallest absolute Gasteiger partial charge is 0.319 e. The van der Waals surface area contributed by atoms with Crippen molar-refractivity contribution in [3.8, 4) is 6.07 Å². The van der Waals surface area contributed by atoms with Gasteiger partial charge in [-0.1, -0.05) is 0 Å². The summed E-state index contributed by atoms with van der Waals surface area (Å²) in [5.41, 5.74) is 1.28. The number of hydrogen-bond donors (Lipinski definition) is 2. The fourth-order valence-corrected chi connectivity index (χ4v) is 1.91. The van der Waals surface area contributed by atoms with E-state index in [9.17, 15) is 4.79 Å². The second-order valence-corrected chi connectivity index (χ2v) is 4.62. The van der Waals surface area contributed by atoms with Gasteiger partial charge in [0.25, 0.3) is 0 Å². The van der Waals surface area contributed by atoms with Crippen molar-refractivity contribution in [1.29, 1.82) is 5.26 Å². The second-order valence-electron chi connectivity index (χ2n) is 4.62. The number of hydrogen-bond acceptors (Lipinski definition) is 3. The highest BCUT2D eigenvalue weighted by Gasteiger charge is 2.12. The highest BCUT2D eigenvalue weighted by Crippen LogP contribution is 2.08. The average molecular weight is 258 g/mol. The van der Waals surface area contributed by atoms with Gasteiger partial charge in [0.05, 0.1) is 11.6 Å². The Labute approximate surface area is 113 Å². The molecule has 0 aromatic heterocycles. The lowest BCUT2D eigenvalue weighted by Gasteiger charge is -2.30. The minimum atomic E-state index is -0.201. The van der Waals surface area contributed by atoms with E-state index in [-0.39, 0.29) is 6.03 Å². The summed E-state index contributed by atoms with van der Waals surface area (Å²) in [5, 5.41) is 14.2. The topological polar surface area (TPSA) is 68.2 Å². The summed E-state index contributed by atoms with van der Waals surface area (Å²) in [6.45, 7) is 4.12. The van der Waals surface area contributed by atoms with Gasteiger partial charge in [0, 0.05) is 12.2 Å². The first kappa shape index (κ1) is 13.4. The van der Waals surface area contributed by atoms with Crippen molar-refractivity contribution in [2.24, 2.45) is 0 Å². The summed E-state index contributed by atoms with van der Waals surface area (Å²) in [6.07, 6.45) is 2.27. The minimum absolute atomic E-state index is 0.201. The Morgan fingerprint density at radius 3 is 2.63 bits per heavy atom. The molecule has 1 heterocycles. The van der Waals surface area contributed by atoms with Gasteiger partial charge in [-0.15, -0.1) is 0 Å². The van der Waals surface area contributed by atoms with E-state index in [2.05, 4.69) is 15.5 Å². The molecule has 1 aromatic rings. The molecule has 2 N–H and O–H groups in total. The summed E-state index contributed by atoms with van der Waals surface area (Å²) in [6, 6.07) is 8.64. The summed E-state index contributed by atoms with van der Waals surface area (Å²) in [5.74, 6) is 0. The number of likely N-dealkylation sites (tertiary alicyclic amines) is 1. The third-order valence-corrected chi connectivity index (χ3v) is 3.16. The third-order valence-electron chi connectivity index (χ3n) is 3.16. The van der Waals surface area contributed by atoms with Crippen LogP contribution in [0.2, 0.25) is 0 Å². The molecule has 19 heavy (non-hydrogen) atoms. The Kier molecular flexibility index (Phi) is 4.76. The second kappa shape index (κ2) is 6.76. The Bertz CT molecular complexity index is 459. The molecule has 2 amide bonds. The zero-order chi connectivity index (χ0) is 13.5. The standard InChI is InChI=1S/C14H18N4O/c15-11-12-3-5-13(6-4-12)17-14(19)16-7-1-8-18-9-2-10-18/h3-6H,1-2,7-10H2,(H2,16,17,19). The van der Waals surface area contributed by atoms with Crippen molar-refractivity contribution >= 4 is 11.7 Å². The van der Waals surface area contributed by atoms with Gasteiger partial charge in [0.15, 0.2) is 0 Å². The summed E-state index contributed by atoms with van der Waals surface area (Å²) >= 11 is 0. The summed E-state index contributed by atoms with van der Waals surface area (Å²) < 4.78 is 0. The molecule has 100 valence electrons. The number of carbonyl (C=O) groups excluding carboxylic acids is 1. The van der Waals surface area contributed by atoms with E-state index in [0.717, 1.165) is 13.0 Å². The van der Waals surface area contributed by atoms with Gasteiger partial charge < -0.3 is 15.5 Å². The third kappa shape index (κ3) is 4.27. The molecule has 1 aliphatic heterocycles. The molecule has 0 atom stereocenters. The maximum absolute atomic E-state index is 11.6. The molecule has 0 saturated carbocycles. The quantitative estimate of drug-likeness (QED) is 0.791. The summed E-state index contributed by atoms with van der Waals surface area (Å²) in [4.78, 5) is 14.0. The van der Waals surface area contributed by atoms with Gasteiger partial charge in [0.2, 0.25) is 0 Å². The molecule has 5 heteroatoms. The van der Waals surface area contributed by atoms with Gasteiger partial charge in [-0.05, 0) is 56.7 Å². The van der Waals surface area contributed by atoms with E-state index in [1.807, 2.05) is 6.07 Å². The van der Waals surface area contributed by atoms with Crippen LogP contribution in [0.25, 0.3) is 0 Å². The van der Waals surface area contributed by atoms with Crippen LogP contribution in [-0.4, -0.2) is 37.1 Å². The molecular formula is C14H18N4O. The lowest BCUT2D eigenvalue weighted by Crippen LogP contribution is -2.39. The molecule has 1 aliphatic rings. The van der Waals surface area contributed by atoms with Crippen LogP contribution in [-0.2, 0) is 0 Å². The van der Waals surface area contributed by atoms with E-state index in [4.69, 9.17) is 5.26 Å². The molecule has 0 spiro atoms. The molecule has 0 unspecified atom stereocenters. The molecule has 1 saturated heterocycles. The number of amides is 2. The predicted octanol–water partition coefficient (Wildman–Crippen LogP) is 1.78. The van der Waals surface area contributed by atoms with Crippen LogP contribution in [0.4, 0.5) is 10.5 Å². The van der Waals surface area contributed by atoms with Gasteiger partial charge in [-0.2, -0.15) is 5.26 Å². The normalized spacial score (nSPS) is 14.3. The maximum Gasteiger partial charge on any atom is 0.319 e. The van der Waals surface area contributed by atoms with Crippen LogP contribution < -0.4 is 10.6 Å². The zero-order valence-electron chi connectivity index (χ0n) is 10.9. The largest absolute Gasteiger partial charge is 0.338 e. The molecule has 1 aromatic carbocycles. The average Bonchev–Trinajstić information content (AvgIpc) is 2.37. The van der Waals surface area contributed by atoms with Crippen molar-refractivity contribution in [2.75, 3.05) is 31.5 Å². The van der Waals surface area contributed by atoms with Gasteiger partial charge in [-0.25, -0.2) is 4.79 Å². The number of carbonyl (C=O) groups is 1. The van der Waals surface area contributed by atoms with Crippen molar-refractivity contribution in [3.05, 3.63) is 29.8 Å². The highest BCUT2D eigenvalue weighted by atomic mass is 16.2. The first-order chi connectivity index (χ1) is 9.28. The maximum atomic E-state index is 11.6. The number of nitrogens with zero attached hydrogens (tertiary/aromatic N) is 2. The van der Waals surface area contributed by atoms with Crippen molar-refractivity contribution in [1.82, 2.24) is 10.2 Å². The monoisotopic (exact) mass is 258 g/mol. The Morgan fingerprint density at radius 1 is 1.32 bits per heavy atom. The van der Waals surface area contributed by atoms with Crippen LogP contribution in [0.1, 0.15) is 18.4 Å². The van der Waals surface area contributed by atoms with Crippen molar-refractivity contribution in [3.63, 3.8) is 0 Å². The minimum Gasteiger partial charge on any atom is -0.338 e. The molecule has 5 nitrogen and oxygen atoms in total. The first-order valence-corrected chi connectivity index (χ1v) is 6.55. The van der Waals surface area contributed by atoms with Gasteiger partial charge in [-0.3, -0.25) is 0 Å². The van der Waals surface area contributed by atoms with Gasteiger partial charge in [0.1, 0.15) is 0 Å². The van der Waals surface area contributed by atoms with Crippen LogP contribution in [0, 0.1) is 11.3 Å². The Hall–Kier alpha value is -2.06. The van der Waals surface area contributed by atoms with Crippen LogP contribution in [0.3, 0.4) is 0 Å². The number of nitrogens with one attached hydrogen (secondary N) is 2. The van der Waals surface area contributed by atoms with Crippen LogP contribution in [0.15, 0.2) is 24.3 Å². The zero-order valence-corrected chi connectivity index (χ0v) is 10.9. The number of benzene rings is 1. The molecule has 2 rings (SSSR count). The number of anilines is 1. The first-order valence-electron chi connectivity index (χ1n) is 6.55. The van der Waals surface area contributed by atoms with Crippen LogP contribution >= 0.6 is 0 Å². The van der Waals surface area contributed by atoms with Crippen molar-refractivity contribution in [2.45, 2.75) is 12.8 Å². The van der Waals surface area contributed by atoms with E-state index in [1.54, 1.807) is 24.3 Å².